The zero-order valence-corrected chi connectivity index (χ0v) is 10.5. The first-order chi connectivity index (χ1) is 5.77. The van der Waals surface area contributed by atoms with Crippen molar-refractivity contribution in [2.75, 3.05) is 21.1 Å². The molecule has 4 heteroatoms. The zero-order chi connectivity index (χ0) is 10.7. The summed E-state index contributed by atoms with van der Waals surface area (Å²) in [5.41, 5.74) is -0.231. The Morgan fingerprint density at radius 3 is 2.14 bits per heavy atom. The topological polar surface area (TPSA) is 29.1 Å². The van der Waals surface area contributed by atoms with Gasteiger partial charge in [0, 0.05) is 13.3 Å². The Labute approximate surface area is 93.2 Å². The van der Waals surface area contributed by atoms with Crippen LogP contribution >= 0.6 is 0 Å². The van der Waals surface area contributed by atoms with E-state index in [4.69, 9.17) is 0 Å². The highest BCUT2D eigenvalue weighted by molar-refractivity contribution is 5.87. The first-order valence-electron chi connectivity index (χ1n) is 4.53. The maximum atomic E-state index is 11.2. The van der Waals surface area contributed by atoms with Crippen LogP contribution in [0.25, 0.3) is 0 Å². The molecule has 0 aromatic carbocycles. The van der Waals surface area contributed by atoms with Crippen LogP contribution in [0.15, 0.2) is 12.7 Å². The average molecular weight is 221 g/mol. The number of nitrogens with one attached hydrogen (secondary N) is 1. The Morgan fingerprint density at radius 2 is 1.93 bits per heavy atom. The van der Waals surface area contributed by atoms with E-state index in [0.29, 0.717) is 4.48 Å². The van der Waals surface area contributed by atoms with Crippen LogP contribution < -0.4 is 17.7 Å². The van der Waals surface area contributed by atoms with Crippen molar-refractivity contribution in [3.63, 3.8) is 0 Å². The molecule has 84 valence electrons. The molecule has 0 aliphatic rings. The predicted molar refractivity (Wildman–Crippen MR) is 55.1 cm³/mol. The van der Waals surface area contributed by atoms with Crippen LogP contribution in [0, 0.1) is 0 Å². The van der Waals surface area contributed by atoms with Gasteiger partial charge in [0.1, 0.15) is 0 Å². The minimum absolute atomic E-state index is 0. The molecule has 1 amide bonds. The molecule has 0 aromatic heterocycles. The number of rotatable bonds is 4. The molecule has 14 heavy (non-hydrogen) atoms. The second kappa shape index (κ2) is 5.37. The summed E-state index contributed by atoms with van der Waals surface area (Å²) < 4.78 is 0.698. The van der Waals surface area contributed by atoms with E-state index in [1.807, 2.05) is 6.92 Å². The van der Waals surface area contributed by atoms with Crippen LogP contribution in [0.4, 0.5) is 0 Å². The molecule has 1 N–H and O–H groups in total. The van der Waals surface area contributed by atoms with Crippen molar-refractivity contribution in [2.24, 2.45) is 0 Å². The molecule has 0 radical (unpaired) electrons. The lowest BCUT2D eigenvalue weighted by Gasteiger charge is -2.43. The van der Waals surface area contributed by atoms with E-state index in [9.17, 15) is 4.79 Å². The molecule has 0 fully saturated rings. The van der Waals surface area contributed by atoms with E-state index in [1.165, 1.54) is 6.08 Å². The second-order valence-corrected chi connectivity index (χ2v) is 4.33. The minimum Gasteiger partial charge on any atom is -1.00 e. The van der Waals surface area contributed by atoms with Gasteiger partial charge in [-0.2, -0.15) is 0 Å². The van der Waals surface area contributed by atoms with Crippen molar-refractivity contribution in [1.82, 2.24) is 5.32 Å². The van der Waals surface area contributed by atoms with Gasteiger partial charge in [-0.3, -0.25) is 4.79 Å². The Hall–Kier alpha value is -0.540. The largest absolute Gasteiger partial charge is 1.00 e. The van der Waals surface area contributed by atoms with Crippen LogP contribution in [0.5, 0.6) is 0 Å². The molecule has 0 aliphatic heterocycles. The molecule has 1 unspecified atom stereocenters. The molecule has 0 saturated carbocycles. The summed E-state index contributed by atoms with van der Waals surface area (Å²) in [6.45, 7) is 7.54. The third-order valence-electron chi connectivity index (χ3n) is 2.75. The molecule has 0 heterocycles. The SMILES string of the molecule is C=CC(=O)NC(C)(CC)[N+](C)(C)C.[Cl-]. The van der Waals surface area contributed by atoms with E-state index in [0.717, 1.165) is 6.42 Å². The van der Waals surface area contributed by atoms with Gasteiger partial charge in [0.2, 0.25) is 5.91 Å². The highest BCUT2D eigenvalue weighted by Gasteiger charge is 2.36. The number of carbonyl (C=O) groups is 1. The molecule has 0 bridgehead atoms. The second-order valence-electron chi connectivity index (χ2n) is 4.33. The Morgan fingerprint density at radius 1 is 1.50 bits per heavy atom. The van der Waals surface area contributed by atoms with E-state index in [1.54, 1.807) is 0 Å². The molecule has 3 nitrogen and oxygen atoms in total. The Bertz CT molecular complexity index is 211. The number of carbonyl (C=O) groups excluding carboxylic acids is 1. The average Bonchev–Trinajstić information content (AvgIpc) is 2.02. The maximum Gasteiger partial charge on any atom is 0.248 e. The van der Waals surface area contributed by atoms with Gasteiger partial charge >= 0.3 is 0 Å². The first-order valence-corrected chi connectivity index (χ1v) is 4.53. The van der Waals surface area contributed by atoms with E-state index >= 15 is 0 Å². The van der Waals surface area contributed by atoms with Gasteiger partial charge in [0.05, 0.1) is 21.1 Å². The van der Waals surface area contributed by atoms with Gasteiger partial charge in [0.15, 0.2) is 5.66 Å². The molecular formula is C10H21ClN2O. The minimum atomic E-state index is -0.231. The molecule has 0 aromatic rings. The number of amides is 1. The summed E-state index contributed by atoms with van der Waals surface area (Å²) in [4.78, 5) is 11.2. The van der Waals surface area contributed by atoms with Gasteiger partial charge in [-0.25, -0.2) is 0 Å². The normalized spacial score (nSPS) is 14.9. The van der Waals surface area contributed by atoms with Crippen molar-refractivity contribution in [2.45, 2.75) is 25.9 Å². The summed E-state index contributed by atoms with van der Waals surface area (Å²) in [7, 11) is 6.19. The van der Waals surface area contributed by atoms with E-state index < -0.39 is 0 Å². The Balaban J connectivity index is 0. The molecule has 0 aliphatic carbocycles. The van der Waals surface area contributed by atoms with Gasteiger partial charge < -0.3 is 22.2 Å². The third-order valence-corrected chi connectivity index (χ3v) is 2.75. The fraction of sp³-hybridized carbons (Fsp3) is 0.700. The monoisotopic (exact) mass is 220 g/mol. The summed E-state index contributed by atoms with van der Waals surface area (Å²) in [5, 5.41) is 2.95. The lowest BCUT2D eigenvalue weighted by molar-refractivity contribution is -0.924. The summed E-state index contributed by atoms with van der Waals surface area (Å²) in [6, 6.07) is 0. The quantitative estimate of drug-likeness (QED) is 0.336. The standard InChI is InChI=1S/C10H20N2O.ClH/c1-7-9(13)11-10(3,8-2)12(4,5)6;/h7H,1,8H2,2-6H3;1H. The smallest absolute Gasteiger partial charge is 0.248 e. The number of quaternary nitrogens is 1. The van der Waals surface area contributed by atoms with Gasteiger partial charge in [-0.05, 0) is 6.08 Å². The maximum absolute atomic E-state index is 11.2. The fourth-order valence-corrected chi connectivity index (χ4v) is 1.05. The van der Waals surface area contributed by atoms with E-state index in [2.05, 4.69) is 40.0 Å². The highest BCUT2D eigenvalue weighted by Crippen LogP contribution is 2.18. The Kier molecular flexibility index (Phi) is 6.10. The van der Waals surface area contributed by atoms with Gasteiger partial charge in [-0.1, -0.05) is 13.5 Å². The number of hydrogen-bond acceptors (Lipinski definition) is 1. The lowest BCUT2D eigenvalue weighted by atomic mass is 10.1. The fourth-order valence-electron chi connectivity index (χ4n) is 1.05. The zero-order valence-electron chi connectivity index (χ0n) is 9.72. The lowest BCUT2D eigenvalue weighted by Crippen LogP contribution is -3.00. The van der Waals surface area contributed by atoms with Gasteiger partial charge in [-0.15, -0.1) is 0 Å². The first kappa shape index (κ1) is 15.9. The molecule has 1 atom stereocenters. The van der Waals surface area contributed by atoms with Crippen LogP contribution in [-0.4, -0.2) is 37.2 Å². The van der Waals surface area contributed by atoms with Crippen LogP contribution in [0.2, 0.25) is 0 Å². The predicted octanol–water partition coefficient (Wildman–Crippen LogP) is -1.87. The van der Waals surface area contributed by atoms with E-state index in [-0.39, 0.29) is 24.0 Å². The van der Waals surface area contributed by atoms with Crippen LogP contribution in [0.1, 0.15) is 20.3 Å². The van der Waals surface area contributed by atoms with Crippen molar-refractivity contribution < 1.29 is 21.7 Å². The van der Waals surface area contributed by atoms with Crippen LogP contribution in [-0.2, 0) is 4.79 Å². The highest BCUT2D eigenvalue weighted by atomic mass is 35.5. The summed E-state index contributed by atoms with van der Waals surface area (Å²) in [6.07, 6.45) is 2.19. The van der Waals surface area contributed by atoms with Crippen molar-refractivity contribution >= 4 is 5.91 Å². The molecule has 0 rings (SSSR count). The third kappa shape index (κ3) is 3.68. The van der Waals surface area contributed by atoms with Crippen molar-refractivity contribution in [3.8, 4) is 0 Å². The molecular weight excluding hydrogens is 200 g/mol. The van der Waals surface area contributed by atoms with Crippen molar-refractivity contribution in [3.05, 3.63) is 12.7 Å². The molecule has 0 saturated heterocycles. The number of hydrogen-bond donors (Lipinski definition) is 1. The summed E-state index contributed by atoms with van der Waals surface area (Å²) >= 11 is 0. The van der Waals surface area contributed by atoms with Gasteiger partial charge in [0.25, 0.3) is 0 Å². The molecule has 0 spiro atoms. The number of halogens is 1. The van der Waals surface area contributed by atoms with Crippen LogP contribution in [0.3, 0.4) is 0 Å². The summed E-state index contributed by atoms with van der Waals surface area (Å²) in [5.74, 6) is -0.114. The van der Waals surface area contributed by atoms with Crippen molar-refractivity contribution in [1.29, 1.82) is 0 Å². The number of nitrogens with zero attached hydrogens (tertiary/aromatic N) is 1.